The molecule has 1 heterocycles. The Labute approximate surface area is 112 Å². The number of nitrogens with one attached hydrogen (secondary N) is 1. The standard InChI is InChI=1S/C14H17N3O2/c1-10-13(16-9-17-14(10)19-3)15-8-11-5-4-6-12(7-11)18-2/h4-7,9H,8H2,1-3H3,(H,15,16,17). The first-order valence-electron chi connectivity index (χ1n) is 5.97. The molecule has 2 rings (SSSR count). The number of hydrogen-bond donors (Lipinski definition) is 1. The average Bonchev–Trinajstić information content (AvgIpc) is 2.46. The lowest BCUT2D eigenvalue weighted by atomic mass is 10.2. The highest BCUT2D eigenvalue weighted by atomic mass is 16.5. The predicted molar refractivity (Wildman–Crippen MR) is 73.6 cm³/mol. The van der Waals surface area contributed by atoms with Gasteiger partial charge in [0, 0.05) is 6.54 Å². The molecule has 1 N–H and O–H groups in total. The zero-order valence-electron chi connectivity index (χ0n) is 11.3. The summed E-state index contributed by atoms with van der Waals surface area (Å²) >= 11 is 0. The van der Waals surface area contributed by atoms with Crippen LogP contribution in [-0.4, -0.2) is 24.2 Å². The lowest BCUT2D eigenvalue weighted by molar-refractivity contribution is 0.393. The summed E-state index contributed by atoms with van der Waals surface area (Å²) in [7, 11) is 3.26. The number of ether oxygens (including phenoxy) is 2. The van der Waals surface area contributed by atoms with E-state index in [2.05, 4.69) is 15.3 Å². The molecule has 0 aliphatic carbocycles. The van der Waals surface area contributed by atoms with Gasteiger partial charge in [-0.3, -0.25) is 0 Å². The second kappa shape index (κ2) is 6.04. The molecule has 1 aromatic carbocycles. The predicted octanol–water partition coefficient (Wildman–Crippen LogP) is 2.41. The monoisotopic (exact) mass is 259 g/mol. The molecule has 0 saturated heterocycles. The number of nitrogens with zero attached hydrogens (tertiary/aromatic N) is 2. The average molecular weight is 259 g/mol. The Hall–Kier alpha value is -2.30. The minimum atomic E-state index is 0.586. The smallest absolute Gasteiger partial charge is 0.221 e. The molecule has 0 amide bonds. The lowest BCUT2D eigenvalue weighted by Crippen LogP contribution is -2.05. The van der Waals surface area contributed by atoms with Crippen molar-refractivity contribution in [2.24, 2.45) is 0 Å². The molecule has 19 heavy (non-hydrogen) atoms. The maximum absolute atomic E-state index is 5.19. The Kier molecular flexibility index (Phi) is 4.18. The molecule has 0 spiro atoms. The van der Waals surface area contributed by atoms with Crippen LogP contribution in [0.15, 0.2) is 30.6 Å². The van der Waals surface area contributed by atoms with Crippen LogP contribution < -0.4 is 14.8 Å². The van der Waals surface area contributed by atoms with E-state index >= 15 is 0 Å². The number of anilines is 1. The summed E-state index contributed by atoms with van der Waals surface area (Å²) in [6.45, 7) is 2.59. The van der Waals surface area contributed by atoms with Gasteiger partial charge in [0.25, 0.3) is 0 Å². The summed E-state index contributed by atoms with van der Waals surface area (Å²) < 4.78 is 10.4. The molecule has 0 radical (unpaired) electrons. The van der Waals surface area contributed by atoms with E-state index in [9.17, 15) is 0 Å². The van der Waals surface area contributed by atoms with Gasteiger partial charge in [0.2, 0.25) is 5.88 Å². The highest BCUT2D eigenvalue weighted by Crippen LogP contribution is 2.21. The fraction of sp³-hybridized carbons (Fsp3) is 0.286. The minimum Gasteiger partial charge on any atom is -0.497 e. The van der Waals surface area contributed by atoms with E-state index in [1.807, 2.05) is 31.2 Å². The highest BCUT2D eigenvalue weighted by Gasteiger charge is 2.06. The van der Waals surface area contributed by atoms with Gasteiger partial charge in [-0.1, -0.05) is 12.1 Å². The van der Waals surface area contributed by atoms with E-state index in [1.165, 1.54) is 6.33 Å². The Morgan fingerprint density at radius 1 is 1.16 bits per heavy atom. The van der Waals surface area contributed by atoms with Gasteiger partial charge in [0.05, 0.1) is 19.8 Å². The van der Waals surface area contributed by atoms with E-state index in [4.69, 9.17) is 9.47 Å². The summed E-state index contributed by atoms with van der Waals surface area (Å²) in [5, 5.41) is 3.27. The van der Waals surface area contributed by atoms with Crippen molar-refractivity contribution < 1.29 is 9.47 Å². The maximum atomic E-state index is 5.19. The molecule has 100 valence electrons. The van der Waals surface area contributed by atoms with E-state index < -0.39 is 0 Å². The van der Waals surface area contributed by atoms with Gasteiger partial charge < -0.3 is 14.8 Å². The zero-order valence-corrected chi connectivity index (χ0v) is 11.3. The topological polar surface area (TPSA) is 56.3 Å². The van der Waals surface area contributed by atoms with Crippen LogP contribution >= 0.6 is 0 Å². The van der Waals surface area contributed by atoms with Crippen molar-refractivity contribution in [1.82, 2.24) is 9.97 Å². The van der Waals surface area contributed by atoms with Crippen LogP contribution in [0.3, 0.4) is 0 Å². The van der Waals surface area contributed by atoms with Crippen molar-refractivity contribution in [3.63, 3.8) is 0 Å². The fourth-order valence-electron chi connectivity index (χ4n) is 1.79. The van der Waals surface area contributed by atoms with Crippen molar-refractivity contribution in [1.29, 1.82) is 0 Å². The molecule has 0 aliphatic heterocycles. The lowest BCUT2D eigenvalue weighted by Gasteiger charge is -2.11. The van der Waals surface area contributed by atoms with Gasteiger partial charge in [-0.05, 0) is 24.6 Å². The first kappa shape index (κ1) is 13.1. The van der Waals surface area contributed by atoms with Crippen molar-refractivity contribution in [2.75, 3.05) is 19.5 Å². The Bertz CT molecular complexity index is 558. The molecule has 0 unspecified atom stereocenters. The van der Waals surface area contributed by atoms with Gasteiger partial charge in [-0.15, -0.1) is 0 Å². The molecule has 2 aromatic rings. The van der Waals surface area contributed by atoms with Crippen molar-refractivity contribution in [3.05, 3.63) is 41.7 Å². The second-order valence-electron chi connectivity index (χ2n) is 4.06. The Morgan fingerprint density at radius 2 is 2.00 bits per heavy atom. The second-order valence-corrected chi connectivity index (χ2v) is 4.06. The number of methoxy groups -OCH3 is 2. The Balaban J connectivity index is 2.10. The third-order valence-electron chi connectivity index (χ3n) is 2.83. The van der Waals surface area contributed by atoms with Crippen LogP contribution in [0.5, 0.6) is 11.6 Å². The van der Waals surface area contributed by atoms with E-state index in [-0.39, 0.29) is 0 Å². The number of rotatable bonds is 5. The third-order valence-corrected chi connectivity index (χ3v) is 2.83. The zero-order chi connectivity index (χ0) is 13.7. The molecular formula is C14H17N3O2. The summed E-state index contributed by atoms with van der Waals surface area (Å²) in [4.78, 5) is 8.26. The van der Waals surface area contributed by atoms with Gasteiger partial charge in [0.1, 0.15) is 17.9 Å². The molecule has 0 fully saturated rings. The van der Waals surface area contributed by atoms with Gasteiger partial charge in [0.15, 0.2) is 0 Å². The summed E-state index contributed by atoms with van der Waals surface area (Å²) in [5.41, 5.74) is 2.02. The Morgan fingerprint density at radius 3 is 2.74 bits per heavy atom. The maximum Gasteiger partial charge on any atom is 0.221 e. The first-order chi connectivity index (χ1) is 9.24. The van der Waals surface area contributed by atoms with Crippen LogP contribution in [0.4, 0.5) is 5.82 Å². The molecule has 1 aromatic heterocycles. The SMILES string of the molecule is COc1cccc(CNc2ncnc(OC)c2C)c1. The van der Waals surface area contributed by atoms with Crippen LogP contribution in [0.1, 0.15) is 11.1 Å². The first-order valence-corrected chi connectivity index (χ1v) is 5.97. The quantitative estimate of drug-likeness (QED) is 0.893. The van der Waals surface area contributed by atoms with E-state index in [1.54, 1.807) is 14.2 Å². The van der Waals surface area contributed by atoms with Crippen LogP contribution in [0, 0.1) is 6.92 Å². The van der Waals surface area contributed by atoms with Gasteiger partial charge >= 0.3 is 0 Å². The van der Waals surface area contributed by atoms with Gasteiger partial charge in [-0.2, -0.15) is 0 Å². The highest BCUT2D eigenvalue weighted by molar-refractivity contribution is 5.48. The molecule has 0 atom stereocenters. The number of benzene rings is 1. The van der Waals surface area contributed by atoms with E-state index in [0.29, 0.717) is 12.4 Å². The van der Waals surface area contributed by atoms with Gasteiger partial charge in [-0.25, -0.2) is 9.97 Å². The normalized spacial score (nSPS) is 10.1. The number of aromatic nitrogens is 2. The third kappa shape index (κ3) is 3.13. The molecule has 0 aliphatic rings. The number of hydrogen-bond acceptors (Lipinski definition) is 5. The van der Waals surface area contributed by atoms with Crippen molar-refractivity contribution in [2.45, 2.75) is 13.5 Å². The molecule has 0 saturated carbocycles. The van der Waals surface area contributed by atoms with E-state index in [0.717, 1.165) is 22.7 Å². The molecule has 0 bridgehead atoms. The fourth-order valence-corrected chi connectivity index (χ4v) is 1.79. The summed E-state index contributed by atoms with van der Waals surface area (Å²) in [6.07, 6.45) is 1.49. The van der Waals surface area contributed by atoms with Crippen LogP contribution in [0.25, 0.3) is 0 Å². The van der Waals surface area contributed by atoms with Crippen LogP contribution in [0.2, 0.25) is 0 Å². The molecular weight excluding hydrogens is 242 g/mol. The largest absolute Gasteiger partial charge is 0.497 e. The van der Waals surface area contributed by atoms with Crippen LogP contribution in [-0.2, 0) is 6.54 Å². The molecule has 5 nitrogen and oxygen atoms in total. The van der Waals surface area contributed by atoms with Crippen molar-refractivity contribution >= 4 is 5.82 Å². The minimum absolute atomic E-state index is 0.586. The summed E-state index contributed by atoms with van der Waals surface area (Å²) in [6, 6.07) is 7.90. The van der Waals surface area contributed by atoms with Crippen molar-refractivity contribution in [3.8, 4) is 11.6 Å². The molecule has 5 heteroatoms. The summed E-state index contributed by atoms with van der Waals surface area (Å²) in [5.74, 6) is 2.20.